The predicted octanol–water partition coefficient (Wildman–Crippen LogP) is 2.41. The molecule has 2 aromatic carbocycles. The lowest BCUT2D eigenvalue weighted by Gasteiger charge is -2.62. The minimum Gasteiger partial charge on any atom is -0.504 e. The van der Waals surface area contributed by atoms with Crippen molar-refractivity contribution >= 4 is 16.8 Å². The highest BCUT2D eigenvalue weighted by atomic mass is 16.5. The first-order chi connectivity index (χ1) is 17.5. The summed E-state index contributed by atoms with van der Waals surface area (Å²) < 4.78 is 6.50. The molecule has 184 valence electrons. The molecule has 3 aliphatic carbocycles. The molecule has 3 heterocycles. The van der Waals surface area contributed by atoms with Crippen LogP contribution in [-0.2, 0) is 11.8 Å². The summed E-state index contributed by atoms with van der Waals surface area (Å²) in [6.07, 6.45) is 7.20. The maximum atomic E-state index is 13.4. The largest absolute Gasteiger partial charge is 0.504 e. The number of carbonyl (C=O) groups is 1. The topological polar surface area (TPSA) is 111 Å². The molecule has 8 heteroatoms. The molecule has 1 saturated heterocycles. The Morgan fingerprint density at radius 3 is 2.97 bits per heavy atom. The third-order valence-electron chi connectivity index (χ3n) is 9.33. The summed E-state index contributed by atoms with van der Waals surface area (Å²) in [5.74, 6) is 0.963. The van der Waals surface area contributed by atoms with Crippen molar-refractivity contribution in [2.45, 2.75) is 54.9 Å². The summed E-state index contributed by atoms with van der Waals surface area (Å²) in [7, 11) is 0. The maximum absolute atomic E-state index is 13.4. The molecular formula is C28H28N4O4. The van der Waals surface area contributed by atoms with Crippen molar-refractivity contribution in [3.8, 4) is 11.5 Å². The monoisotopic (exact) mass is 484 g/mol. The molecule has 36 heavy (non-hydrogen) atoms. The van der Waals surface area contributed by atoms with Gasteiger partial charge in [-0.25, -0.2) is 0 Å². The molecule has 4 N–H and O–H groups in total. The number of hydrogen-bond acceptors (Lipinski definition) is 6. The number of amides is 1. The lowest BCUT2D eigenvalue weighted by Crippen LogP contribution is -2.76. The van der Waals surface area contributed by atoms with E-state index in [4.69, 9.17) is 4.74 Å². The van der Waals surface area contributed by atoms with Gasteiger partial charge in [-0.3, -0.25) is 14.8 Å². The van der Waals surface area contributed by atoms with Crippen LogP contribution in [0.15, 0.2) is 48.6 Å². The number of aromatic hydroxyl groups is 1. The van der Waals surface area contributed by atoms with Crippen molar-refractivity contribution in [1.29, 1.82) is 0 Å². The van der Waals surface area contributed by atoms with Crippen LogP contribution < -0.4 is 10.1 Å². The first-order valence-electron chi connectivity index (χ1n) is 12.9. The Morgan fingerprint density at radius 1 is 1.25 bits per heavy atom. The van der Waals surface area contributed by atoms with Crippen LogP contribution in [0.3, 0.4) is 0 Å². The molecule has 5 aliphatic rings. The number of aromatic nitrogens is 2. The summed E-state index contributed by atoms with van der Waals surface area (Å²) in [6, 6.07) is 10.7. The SMILES string of the molecule is O=C(N[C@H]1C=C[C@@]2(O)[C@H]3Cc4ccc(O)c5c4[C@@]2(CCN3CC2CC2)[C@H]1O5)c1n[nH]c2ccccc12. The number of ether oxygens (including phenoxy) is 1. The number of phenols is 1. The van der Waals surface area contributed by atoms with Gasteiger partial charge in [-0.1, -0.05) is 36.4 Å². The summed E-state index contributed by atoms with van der Waals surface area (Å²) >= 11 is 0. The fourth-order valence-electron chi connectivity index (χ4n) is 7.52. The zero-order chi connectivity index (χ0) is 24.2. The van der Waals surface area contributed by atoms with E-state index in [9.17, 15) is 15.0 Å². The van der Waals surface area contributed by atoms with Gasteiger partial charge in [0.25, 0.3) is 5.91 Å². The number of nitrogens with zero attached hydrogens (tertiary/aromatic N) is 2. The van der Waals surface area contributed by atoms with Crippen LogP contribution in [0.25, 0.3) is 10.9 Å². The van der Waals surface area contributed by atoms with Crippen LogP contribution in [0.2, 0.25) is 0 Å². The Balaban J connectivity index is 1.22. The molecule has 2 aliphatic heterocycles. The lowest BCUT2D eigenvalue weighted by atomic mass is 9.50. The second kappa shape index (κ2) is 6.89. The van der Waals surface area contributed by atoms with Crippen LogP contribution in [0.1, 0.15) is 40.9 Å². The van der Waals surface area contributed by atoms with E-state index in [0.29, 0.717) is 24.3 Å². The van der Waals surface area contributed by atoms with Crippen molar-refractivity contribution in [1.82, 2.24) is 20.4 Å². The number of aliphatic hydroxyl groups is 1. The number of aromatic amines is 1. The van der Waals surface area contributed by atoms with E-state index >= 15 is 0 Å². The molecule has 1 amide bonds. The van der Waals surface area contributed by atoms with Crippen LogP contribution in [0, 0.1) is 5.92 Å². The molecule has 1 saturated carbocycles. The van der Waals surface area contributed by atoms with Gasteiger partial charge in [0, 0.05) is 23.5 Å². The van der Waals surface area contributed by atoms with E-state index < -0.39 is 23.2 Å². The zero-order valence-electron chi connectivity index (χ0n) is 19.8. The number of phenolic OH excluding ortho intramolecular Hbond substituents is 1. The number of piperidine rings is 1. The van der Waals surface area contributed by atoms with Crippen molar-refractivity contribution in [2.24, 2.45) is 5.92 Å². The molecule has 8 nitrogen and oxygen atoms in total. The van der Waals surface area contributed by atoms with Crippen molar-refractivity contribution < 1.29 is 19.7 Å². The van der Waals surface area contributed by atoms with Crippen LogP contribution in [0.5, 0.6) is 11.5 Å². The number of likely N-dealkylation sites (tertiary alicyclic amines) is 1. The highest BCUT2D eigenvalue weighted by molar-refractivity contribution is 6.04. The third kappa shape index (κ3) is 2.51. The van der Waals surface area contributed by atoms with E-state index in [-0.39, 0.29) is 17.7 Å². The van der Waals surface area contributed by atoms with E-state index in [0.717, 1.165) is 41.0 Å². The zero-order valence-corrected chi connectivity index (χ0v) is 19.8. The summed E-state index contributed by atoms with van der Waals surface area (Å²) in [6.45, 7) is 1.87. The van der Waals surface area contributed by atoms with Gasteiger partial charge < -0.3 is 20.3 Å². The van der Waals surface area contributed by atoms with Crippen LogP contribution in [0.4, 0.5) is 0 Å². The minimum atomic E-state index is -1.14. The number of H-pyrrole nitrogens is 1. The Morgan fingerprint density at radius 2 is 2.11 bits per heavy atom. The highest BCUT2D eigenvalue weighted by Gasteiger charge is 2.72. The molecule has 2 fully saturated rings. The van der Waals surface area contributed by atoms with Gasteiger partial charge in [0.15, 0.2) is 17.2 Å². The first-order valence-corrected chi connectivity index (χ1v) is 12.9. The van der Waals surface area contributed by atoms with Crippen molar-refractivity contribution in [3.05, 3.63) is 65.4 Å². The van der Waals surface area contributed by atoms with E-state index in [1.807, 2.05) is 42.5 Å². The molecule has 8 rings (SSSR count). The minimum absolute atomic E-state index is 0.0656. The molecule has 0 unspecified atom stereocenters. The summed E-state index contributed by atoms with van der Waals surface area (Å²) in [5.41, 5.74) is 1.30. The average Bonchev–Trinajstić information content (AvgIpc) is 3.46. The number of benzene rings is 2. The van der Waals surface area contributed by atoms with E-state index in [2.05, 4.69) is 20.4 Å². The number of hydrogen-bond donors (Lipinski definition) is 4. The lowest BCUT2D eigenvalue weighted by molar-refractivity contribution is -0.144. The van der Waals surface area contributed by atoms with Crippen LogP contribution >= 0.6 is 0 Å². The van der Waals surface area contributed by atoms with Gasteiger partial charge in [-0.15, -0.1) is 0 Å². The molecule has 2 bridgehead atoms. The Kier molecular flexibility index (Phi) is 3.98. The predicted molar refractivity (Wildman–Crippen MR) is 132 cm³/mol. The van der Waals surface area contributed by atoms with Gasteiger partial charge in [-0.2, -0.15) is 5.10 Å². The number of para-hydroxylation sites is 1. The van der Waals surface area contributed by atoms with Gasteiger partial charge in [0.2, 0.25) is 0 Å². The molecule has 5 atom stereocenters. The first kappa shape index (κ1) is 20.8. The number of rotatable bonds is 4. The number of nitrogens with one attached hydrogen (secondary N) is 2. The van der Waals surface area contributed by atoms with Gasteiger partial charge in [0.1, 0.15) is 11.7 Å². The molecule has 0 radical (unpaired) electrons. The molecule has 3 aromatic rings. The quantitative estimate of drug-likeness (QED) is 0.424. The van der Waals surface area contributed by atoms with Crippen LogP contribution in [-0.4, -0.2) is 68.1 Å². The molecular weight excluding hydrogens is 456 g/mol. The second-order valence-electron chi connectivity index (χ2n) is 11.2. The summed E-state index contributed by atoms with van der Waals surface area (Å²) in [4.78, 5) is 15.9. The average molecular weight is 485 g/mol. The Bertz CT molecular complexity index is 1460. The van der Waals surface area contributed by atoms with E-state index in [1.165, 1.54) is 12.8 Å². The van der Waals surface area contributed by atoms with Crippen molar-refractivity contribution in [2.75, 3.05) is 13.1 Å². The molecule has 1 aromatic heterocycles. The standard InChI is InChI=1S/C28H28N4O4/c33-20-8-7-16-13-21-28(35)10-9-19(29-26(34)23-17-3-1-2-4-18(17)30-31-23)25-27(28,22(16)24(20)36-25)11-12-32(21)14-15-5-6-15/h1-4,7-10,15,19,21,25,33,35H,5-6,11-14H2,(H,29,34)(H,30,31)/t19-,21+,25-,27-,28+/m0/s1. The fourth-order valence-corrected chi connectivity index (χ4v) is 7.52. The third-order valence-corrected chi connectivity index (χ3v) is 9.33. The fraction of sp³-hybridized carbons (Fsp3) is 0.429. The van der Waals surface area contributed by atoms with Gasteiger partial charge in [0.05, 0.1) is 17.0 Å². The van der Waals surface area contributed by atoms with Crippen molar-refractivity contribution in [3.63, 3.8) is 0 Å². The smallest absolute Gasteiger partial charge is 0.273 e. The Hall–Kier alpha value is -3.36. The second-order valence-corrected chi connectivity index (χ2v) is 11.2. The number of fused-ring (bicyclic) bond motifs is 1. The normalized spacial score (nSPS) is 33.9. The number of carbonyl (C=O) groups excluding carboxylic acids is 1. The highest BCUT2D eigenvalue weighted by Crippen LogP contribution is 2.64. The molecule has 1 spiro atoms. The van der Waals surface area contributed by atoms with E-state index in [1.54, 1.807) is 6.07 Å². The Labute approximate surface area is 207 Å². The van der Waals surface area contributed by atoms with Gasteiger partial charge >= 0.3 is 0 Å². The van der Waals surface area contributed by atoms with Gasteiger partial charge in [-0.05, 0) is 55.8 Å². The maximum Gasteiger partial charge on any atom is 0.273 e. The summed E-state index contributed by atoms with van der Waals surface area (Å²) in [5, 5.41) is 34.3.